The third-order valence-corrected chi connectivity index (χ3v) is 11.4. The highest BCUT2D eigenvalue weighted by atomic mass is 16.2. The van der Waals surface area contributed by atoms with Crippen molar-refractivity contribution in [3.63, 3.8) is 0 Å². The van der Waals surface area contributed by atoms with E-state index >= 15 is 0 Å². The molecule has 5 atom stereocenters. The highest BCUT2D eigenvalue weighted by molar-refractivity contribution is 6.03. The number of carbonyl (C=O) groups is 5. The first-order valence-electron chi connectivity index (χ1n) is 19.8. The zero-order valence-corrected chi connectivity index (χ0v) is 34.6. The van der Waals surface area contributed by atoms with Crippen molar-refractivity contribution in [2.45, 2.75) is 123 Å². The second-order valence-corrected chi connectivity index (χ2v) is 17.3. The Labute approximate surface area is 328 Å². The fourth-order valence-electron chi connectivity index (χ4n) is 8.08. The fraction of sp³-hybridized carbons (Fsp3) is 0.568. The SMILES string of the molecule is CN[C@H](C(=O)N[C@H](C(=O)N(C)[C@H](/C=C(\C)C(=O)N1CCC[C@@H]1C(=O)NC(=O)[C@H]1CCCN1Cc1ccccc1)C(C)C)C(C)(C)C)C(C)(C)c1ccccc1. The topological polar surface area (TPSA) is 131 Å². The Morgan fingerprint density at radius 2 is 1.40 bits per heavy atom. The van der Waals surface area contributed by atoms with E-state index in [0.29, 0.717) is 37.9 Å². The molecule has 2 aliphatic rings. The van der Waals surface area contributed by atoms with Gasteiger partial charge in [-0.15, -0.1) is 0 Å². The third-order valence-electron chi connectivity index (χ3n) is 11.4. The molecule has 0 radical (unpaired) electrons. The van der Waals surface area contributed by atoms with Crippen LogP contribution >= 0.6 is 0 Å². The Morgan fingerprint density at radius 3 is 1.98 bits per heavy atom. The molecule has 2 saturated heterocycles. The van der Waals surface area contributed by atoms with Crippen LogP contribution < -0.4 is 16.0 Å². The van der Waals surface area contributed by atoms with Crippen molar-refractivity contribution in [1.82, 2.24) is 30.7 Å². The first-order valence-corrected chi connectivity index (χ1v) is 19.8. The molecule has 300 valence electrons. The van der Waals surface area contributed by atoms with Crippen molar-refractivity contribution in [3.8, 4) is 0 Å². The van der Waals surface area contributed by atoms with E-state index in [1.807, 2.05) is 109 Å². The highest BCUT2D eigenvalue weighted by Gasteiger charge is 2.42. The molecule has 0 bridgehead atoms. The van der Waals surface area contributed by atoms with Gasteiger partial charge in [-0.3, -0.25) is 34.2 Å². The molecule has 0 unspecified atom stereocenters. The van der Waals surface area contributed by atoms with Crippen LogP contribution in [0.25, 0.3) is 0 Å². The maximum absolute atomic E-state index is 14.4. The van der Waals surface area contributed by atoms with Gasteiger partial charge in [-0.05, 0) is 68.7 Å². The molecule has 2 heterocycles. The zero-order valence-electron chi connectivity index (χ0n) is 34.6. The van der Waals surface area contributed by atoms with E-state index in [0.717, 1.165) is 24.1 Å². The number of hydrogen-bond acceptors (Lipinski definition) is 7. The van der Waals surface area contributed by atoms with Crippen LogP contribution in [0.3, 0.4) is 0 Å². The number of hydrogen-bond donors (Lipinski definition) is 3. The molecule has 11 nitrogen and oxygen atoms in total. The lowest BCUT2D eigenvalue weighted by atomic mass is 9.76. The number of nitrogens with zero attached hydrogens (tertiary/aromatic N) is 3. The van der Waals surface area contributed by atoms with Crippen molar-refractivity contribution in [3.05, 3.63) is 83.4 Å². The Hall–Kier alpha value is -4.35. The number of likely N-dealkylation sites (N-methyl/N-ethyl adjacent to an activating group) is 2. The largest absolute Gasteiger partial charge is 0.342 e. The molecule has 0 aromatic heterocycles. The van der Waals surface area contributed by atoms with E-state index in [1.54, 1.807) is 36.9 Å². The van der Waals surface area contributed by atoms with Gasteiger partial charge in [0.15, 0.2) is 0 Å². The maximum Gasteiger partial charge on any atom is 0.249 e. The van der Waals surface area contributed by atoms with Gasteiger partial charge in [0, 0.05) is 31.1 Å². The minimum absolute atomic E-state index is 0.0735. The first kappa shape index (κ1) is 43.4. The normalized spacial score (nSPS) is 19.8. The molecule has 0 aliphatic carbocycles. The molecule has 11 heteroatoms. The number of rotatable bonds is 14. The van der Waals surface area contributed by atoms with Crippen LogP contribution in [-0.4, -0.2) is 102 Å². The van der Waals surface area contributed by atoms with Crippen molar-refractivity contribution in [2.24, 2.45) is 11.3 Å². The molecule has 5 amide bonds. The highest BCUT2D eigenvalue weighted by Crippen LogP contribution is 2.30. The molecule has 4 rings (SSSR count). The van der Waals surface area contributed by atoms with Gasteiger partial charge in [0.2, 0.25) is 29.5 Å². The van der Waals surface area contributed by atoms with Crippen LogP contribution in [0.4, 0.5) is 0 Å². The molecule has 2 aliphatic heterocycles. The molecular formula is C44H64N6O5. The van der Waals surface area contributed by atoms with E-state index in [9.17, 15) is 24.0 Å². The number of imide groups is 1. The van der Waals surface area contributed by atoms with Crippen LogP contribution in [0.2, 0.25) is 0 Å². The summed E-state index contributed by atoms with van der Waals surface area (Å²) >= 11 is 0. The van der Waals surface area contributed by atoms with Gasteiger partial charge in [-0.1, -0.05) is 115 Å². The number of benzene rings is 2. The standard InChI is InChI=1S/C44H64N6O5/c1-29(2)35(48(10)42(55)37(43(4,5)6)46-40(53)36(45-9)44(7,8)32-21-15-12-16-22-32)27-30(3)41(54)50-26-18-24-34(50)39(52)47-38(51)33-23-17-25-49(33)28-31-19-13-11-14-20-31/h11-16,19-22,27,29,33-37,45H,17-18,23-26,28H2,1-10H3,(H,46,53)(H,47,51,52)/b30-27+/t33-,34-,35-,36-,37-/m1/s1. The van der Waals surface area contributed by atoms with Gasteiger partial charge in [-0.25, -0.2) is 0 Å². The van der Waals surface area contributed by atoms with Crippen LogP contribution in [-0.2, 0) is 35.9 Å². The van der Waals surface area contributed by atoms with E-state index in [-0.39, 0.29) is 29.5 Å². The summed E-state index contributed by atoms with van der Waals surface area (Å²) in [5, 5.41) is 8.91. The van der Waals surface area contributed by atoms with Crippen LogP contribution in [0.5, 0.6) is 0 Å². The summed E-state index contributed by atoms with van der Waals surface area (Å²) in [6.45, 7) is 17.2. The summed E-state index contributed by atoms with van der Waals surface area (Å²) in [4.78, 5) is 74.5. The van der Waals surface area contributed by atoms with E-state index < -0.39 is 46.9 Å². The third kappa shape index (κ3) is 10.5. The molecule has 0 saturated carbocycles. The summed E-state index contributed by atoms with van der Waals surface area (Å²) in [6.07, 6.45) is 4.44. The summed E-state index contributed by atoms with van der Waals surface area (Å²) in [5.74, 6) is -1.71. The Morgan fingerprint density at radius 1 is 0.836 bits per heavy atom. The van der Waals surface area contributed by atoms with Crippen molar-refractivity contribution >= 4 is 29.5 Å². The van der Waals surface area contributed by atoms with E-state index in [1.165, 1.54) is 0 Å². The van der Waals surface area contributed by atoms with Crippen LogP contribution in [0.1, 0.15) is 92.2 Å². The second-order valence-electron chi connectivity index (χ2n) is 17.3. The van der Waals surface area contributed by atoms with E-state index in [4.69, 9.17) is 0 Å². The predicted octanol–water partition coefficient (Wildman–Crippen LogP) is 4.81. The van der Waals surface area contributed by atoms with Crippen molar-refractivity contribution in [1.29, 1.82) is 0 Å². The number of likely N-dealkylation sites (tertiary alicyclic amines) is 2. The van der Waals surface area contributed by atoms with Gasteiger partial charge >= 0.3 is 0 Å². The minimum Gasteiger partial charge on any atom is -0.342 e. The molecule has 2 aromatic rings. The fourth-order valence-corrected chi connectivity index (χ4v) is 8.08. The molecule has 2 aromatic carbocycles. The van der Waals surface area contributed by atoms with Gasteiger partial charge in [-0.2, -0.15) is 0 Å². The minimum atomic E-state index is -0.856. The quantitative estimate of drug-likeness (QED) is 0.186. The lowest BCUT2D eigenvalue weighted by molar-refractivity contribution is -0.141. The lowest BCUT2D eigenvalue weighted by Crippen LogP contribution is -2.61. The summed E-state index contributed by atoms with van der Waals surface area (Å²) in [6, 6.07) is 16.7. The van der Waals surface area contributed by atoms with Crippen molar-refractivity contribution in [2.75, 3.05) is 27.2 Å². The molecular weight excluding hydrogens is 693 g/mol. The maximum atomic E-state index is 14.4. The summed E-state index contributed by atoms with van der Waals surface area (Å²) < 4.78 is 0. The average molecular weight is 757 g/mol. The molecule has 2 fully saturated rings. The number of nitrogens with one attached hydrogen (secondary N) is 3. The summed E-state index contributed by atoms with van der Waals surface area (Å²) in [5.41, 5.74) is 1.31. The molecule has 3 N–H and O–H groups in total. The molecule has 0 spiro atoms. The monoisotopic (exact) mass is 756 g/mol. The number of carbonyl (C=O) groups excluding carboxylic acids is 5. The molecule has 55 heavy (non-hydrogen) atoms. The second kappa shape index (κ2) is 18.5. The Balaban J connectivity index is 1.46. The van der Waals surface area contributed by atoms with Crippen LogP contribution in [0, 0.1) is 11.3 Å². The Bertz CT molecular complexity index is 1680. The lowest BCUT2D eigenvalue weighted by Gasteiger charge is -2.40. The van der Waals surface area contributed by atoms with Gasteiger partial charge < -0.3 is 20.4 Å². The average Bonchev–Trinajstić information content (AvgIpc) is 3.83. The van der Waals surface area contributed by atoms with Gasteiger partial charge in [0.25, 0.3) is 0 Å². The Kier molecular flexibility index (Phi) is 14.6. The first-order chi connectivity index (χ1) is 25.9. The van der Waals surface area contributed by atoms with Gasteiger partial charge in [0.05, 0.1) is 18.1 Å². The van der Waals surface area contributed by atoms with Crippen LogP contribution in [0.15, 0.2) is 72.3 Å². The van der Waals surface area contributed by atoms with E-state index in [2.05, 4.69) is 20.9 Å². The van der Waals surface area contributed by atoms with Gasteiger partial charge in [0.1, 0.15) is 12.1 Å². The number of amides is 5. The zero-order chi connectivity index (χ0) is 40.7. The predicted molar refractivity (Wildman–Crippen MR) is 217 cm³/mol. The smallest absolute Gasteiger partial charge is 0.249 e. The van der Waals surface area contributed by atoms with Crippen molar-refractivity contribution < 1.29 is 24.0 Å². The summed E-state index contributed by atoms with van der Waals surface area (Å²) in [7, 11) is 3.45.